The lowest BCUT2D eigenvalue weighted by atomic mass is 9.99. The molecule has 3 aromatic rings. The van der Waals surface area contributed by atoms with Gasteiger partial charge >= 0.3 is 18.4 Å². The van der Waals surface area contributed by atoms with Crippen LogP contribution in [0.25, 0.3) is 11.3 Å². The average Bonchev–Trinajstić information content (AvgIpc) is 3.67. The van der Waals surface area contributed by atoms with Crippen molar-refractivity contribution in [3.05, 3.63) is 65.2 Å². The number of benzene rings is 2. The fourth-order valence-electron chi connectivity index (χ4n) is 6.05. The molecule has 9 nitrogen and oxygen atoms in total. The molecule has 1 N–H and O–H groups in total. The van der Waals surface area contributed by atoms with Crippen molar-refractivity contribution in [1.82, 2.24) is 10.1 Å². The first-order valence-corrected chi connectivity index (χ1v) is 14.0. The van der Waals surface area contributed by atoms with E-state index in [1.54, 1.807) is 11.0 Å². The van der Waals surface area contributed by atoms with Crippen LogP contribution in [0.5, 0.6) is 5.75 Å². The third kappa shape index (κ3) is 6.17. The standard InChI is InChI=1S/C30H29F4N3O6/c1-40-28(38)17-8-11-24(23(31)12-17)35-29(39)37-18-9-10-19(37)14-20(13-18)41-15-22-26(36-43-27(22)16-6-7-16)21-4-2-3-5-25(21)42-30(32,33)34/h2-5,8,11-12,16,18-20H,6-7,9-10,13-15H2,1H3,(H,35,39). The number of methoxy groups -OCH3 is 1. The zero-order chi connectivity index (χ0) is 30.3. The fraction of sp³-hybridized carbons (Fsp3) is 0.433. The van der Waals surface area contributed by atoms with E-state index < -0.39 is 24.2 Å². The van der Waals surface area contributed by atoms with E-state index in [1.165, 1.54) is 37.4 Å². The number of anilines is 1. The van der Waals surface area contributed by atoms with Crippen LogP contribution < -0.4 is 10.1 Å². The molecule has 3 aliphatic rings. The minimum Gasteiger partial charge on any atom is -0.465 e. The molecule has 2 aliphatic heterocycles. The largest absolute Gasteiger partial charge is 0.573 e. The molecule has 2 aromatic carbocycles. The molecule has 1 aromatic heterocycles. The molecule has 13 heteroatoms. The second-order valence-electron chi connectivity index (χ2n) is 11.0. The number of amides is 2. The molecule has 3 heterocycles. The van der Waals surface area contributed by atoms with Crippen LogP contribution in [-0.2, 0) is 16.1 Å². The summed E-state index contributed by atoms with van der Waals surface area (Å²) in [4.78, 5) is 26.5. The number of fused-ring (bicyclic) bond motifs is 2. The topological polar surface area (TPSA) is 103 Å². The summed E-state index contributed by atoms with van der Waals surface area (Å²) >= 11 is 0. The zero-order valence-corrected chi connectivity index (χ0v) is 23.2. The number of urea groups is 1. The zero-order valence-electron chi connectivity index (χ0n) is 23.2. The third-order valence-electron chi connectivity index (χ3n) is 8.15. The lowest BCUT2D eigenvalue weighted by Gasteiger charge is -2.38. The Kier molecular flexibility index (Phi) is 7.75. The smallest absolute Gasteiger partial charge is 0.465 e. The molecule has 1 saturated carbocycles. The third-order valence-corrected chi connectivity index (χ3v) is 8.15. The molecular formula is C30H29F4N3O6. The van der Waals surface area contributed by atoms with Crippen molar-refractivity contribution in [3.8, 4) is 17.0 Å². The Hall–Kier alpha value is -4.13. The molecule has 1 aliphatic carbocycles. The number of para-hydroxylation sites is 1. The highest BCUT2D eigenvalue weighted by Crippen LogP contribution is 2.46. The minimum atomic E-state index is -4.87. The highest BCUT2D eigenvalue weighted by molar-refractivity contribution is 5.93. The summed E-state index contributed by atoms with van der Waals surface area (Å²) in [6, 6.07) is 8.80. The predicted octanol–water partition coefficient (Wildman–Crippen LogP) is 6.79. The molecule has 3 fully saturated rings. The van der Waals surface area contributed by atoms with Crippen LogP contribution in [0, 0.1) is 5.82 Å². The van der Waals surface area contributed by atoms with Gasteiger partial charge in [0.2, 0.25) is 0 Å². The van der Waals surface area contributed by atoms with Crippen LogP contribution in [0.15, 0.2) is 47.0 Å². The van der Waals surface area contributed by atoms with Crippen molar-refractivity contribution in [3.63, 3.8) is 0 Å². The van der Waals surface area contributed by atoms with Gasteiger partial charge in [0, 0.05) is 29.1 Å². The number of hydrogen-bond donors (Lipinski definition) is 1. The molecule has 2 saturated heterocycles. The number of aromatic nitrogens is 1. The van der Waals surface area contributed by atoms with Gasteiger partial charge in [-0.3, -0.25) is 0 Å². The molecule has 2 amide bonds. The molecule has 0 radical (unpaired) electrons. The Morgan fingerprint density at radius 2 is 1.79 bits per heavy atom. The first kappa shape index (κ1) is 29.0. The molecule has 0 spiro atoms. The van der Waals surface area contributed by atoms with Crippen molar-refractivity contribution >= 4 is 17.7 Å². The number of alkyl halides is 3. The lowest BCUT2D eigenvalue weighted by molar-refractivity contribution is -0.274. The van der Waals surface area contributed by atoms with E-state index in [-0.39, 0.29) is 59.0 Å². The van der Waals surface area contributed by atoms with Gasteiger partial charge in [-0.05, 0) is 68.9 Å². The van der Waals surface area contributed by atoms with Gasteiger partial charge in [-0.1, -0.05) is 17.3 Å². The van der Waals surface area contributed by atoms with E-state index in [2.05, 4.69) is 19.9 Å². The number of nitrogens with zero attached hydrogens (tertiary/aromatic N) is 2. The van der Waals surface area contributed by atoms with E-state index in [9.17, 15) is 27.2 Å². The minimum absolute atomic E-state index is 0.0354. The highest BCUT2D eigenvalue weighted by atomic mass is 19.4. The van der Waals surface area contributed by atoms with Crippen LogP contribution in [0.3, 0.4) is 0 Å². The first-order chi connectivity index (χ1) is 20.6. The lowest BCUT2D eigenvalue weighted by Crippen LogP contribution is -2.50. The maximum atomic E-state index is 14.6. The van der Waals surface area contributed by atoms with Gasteiger partial charge in [0.1, 0.15) is 23.0 Å². The van der Waals surface area contributed by atoms with Gasteiger partial charge in [-0.25, -0.2) is 14.0 Å². The summed E-state index contributed by atoms with van der Waals surface area (Å²) in [5.41, 5.74) is 0.999. The summed E-state index contributed by atoms with van der Waals surface area (Å²) in [5, 5.41) is 6.74. The van der Waals surface area contributed by atoms with Gasteiger partial charge in [-0.2, -0.15) is 0 Å². The number of ether oxygens (including phenoxy) is 3. The number of hydrogen-bond acceptors (Lipinski definition) is 7. The van der Waals surface area contributed by atoms with E-state index in [4.69, 9.17) is 9.26 Å². The number of piperidine rings is 1. The molecule has 2 atom stereocenters. The number of esters is 1. The summed E-state index contributed by atoms with van der Waals surface area (Å²) in [5.74, 6) is -1.06. The second-order valence-corrected chi connectivity index (χ2v) is 11.0. The summed E-state index contributed by atoms with van der Waals surface area (Å²) in [6.07, 6.45) is -0.687. The number of carbonyl (C=O) groups excluding carboxylic acids is 2. The fourth-order valence-corrected chi connectivity index (χ4v) is 6.05. The Morgan fingerprint density at radius 1 is 1.07 bits per heavy atom. The second kappa shape index (κ2) is 11.5. The maximum Gasteiger partial charge on any atom is 0.573 e. The first-order valence-electron chi connectivity index (χ1n) is 14.0. The predicted molar refractivity (Wildman–Crippen MR) is 144 cm³/mol. The number of nitrogens with one attached hydrogen (secondary N) is 1. The molecule has 6 rings (SSSR count). The van der Waals surface area contributed by atoms with E-state index in [0.717, 1.165) is 31.7 Å². The van der Waals surface area contributed by atoms with E-state index in [1.807, 2.05) is 0 Å². The van der Waals surface area contributed by atoms with E-state index >= 15 is 0 Å². The van der Waals surface area contributed by atoms with Gasteiger partial charge < -0.3 is 29.0 Å². The van der Waals surface area contributed by atoms with Gasteiger partial charge in [0.15, 0.2) is 0 Å². The number of rotatable bonds is 8. The molecule has 2 bridgehead atoms. The van der Waals surface area contributed by atoms with Gasteiger partial charge in [0.25, 0.3) is 0 Å². The van der Waals surface area contributed by atoms with Gasteiger partial charge in [0.05, 0.1) is 31.1 Å². The number of carbonyl (C=O) groups is 2. The quantitative estimate of drug-likeness (QED) is 0.224. The maximum absolute atomic E-state index is 14.6. The molecule has 2 unspecified atom stereocenters. The molecular weight excluding hydrogens is 574 g/mol. The summed E-state index contributed by atoms with van der Waals surface area (Å²) in [6.45, 7) is 0.0824. The summed E-state index contributed by atoms with van der Waals surface area (Å²) in [7, 11) is 1.20. The Labute approximate surface area is 244 Å². The SMILES string of the molecule is COC(=O)c1ccc(NC(=O)N2C3CCC2CC(OCc2c(-c4ccccc4OC(F)(F)F)noc2C2CC2)C3)c(F)c1. The Morgan fingerprint density at radius 3 is 2.44 bits per heavy atom. The van der Waals surface area contributed by atoms with Gasteiger partial charge in [-0.15, -0.1) is 13.2 Å². The Bertz CT molecular complexity index is 1510. The van der Waals surface area contributed by atoms with E-state index in [0.29, 0.717) is 24.2 Å². The van der Waals surface area contributed by atoms with Crippen LogP contribution in [0.1, 0.15) is 66.1 Å². The molecule has 43 heavy (non-hydrogen) atoms. The Balaban J connectivity index is 1.14. The van der Waals surface area contributed by atoms with Crippen molar-refractivity contribution < 1.29 is 45.9 Å². The van der Waals surface area contributed by atoms with Crippen molar-refractivity contribution in [2.45, 2.75) is 75.6 Å². The van der Waals surface area contributed by atoms with Crippen molar-refractivity contribution in [1.29, 1.82) is 0 Å². The van der Waals surface area contributed by atoms with Crippen molar-refractivity contribution in [2.24, 2.45) is 0 Å². The van der Waals surface area contributed by atoms with Crippen molar-refractivity contribution in [2.75, 3.05) is 12.4 Å². The van der Waals surface area contributed by atoms with Crippen LogP contribution in [-0.4, -0.2) is 53.7 Å². The summed E-state index contributed by atoms with van der Waals surface area (Å²) < 4.78 is 74.6. The van der Waals surface area contributed by atoms with Crippen LogP contribution in [0.4, 0.5) is 28.0 Å². The van der Waals surface area contributed by atoms with Crippen LogP contribution in [0.2, 0.25) is 0 Å². The number of halogens is 4. The highest BCUT2D eigenvalue weighted by Gasteiger charge is 2.44. The molecule has 228 valence electrons. The normalized spacial score (nSPS) is 21.5. The monoisotopic (exact) mass is 603 g/mol. The average molecular weight is 604 g/mol. The van der Waals surface area contributed by atoms with Crippen LogP contribution >= 0.6 is 0 Å².